The molecule has 0 radical (unpaired) electrons. The molecule has 0 aliphatic carbocycles. The van der Waals surface area contributed by atoms with Gasteiger partial charge in [-0.05, 0) is 36.8 Å². The quantitative estimate of drug-likeness (QED) is 0.880. The predicted molar refractivity (Wildman–Crippen MR) is 78.5 cm³/mol. The summed E-state index contributed by atoms with van der Waals surface area (Å²) in [5, 5.41) is 9.25. The molecule has 5 heteroatoms. The maximum absolute atomic E-state index is 12.5. The van der Waals surface area contributed by atoms with Crippen LogP contribution in [0.1, 0.15) is 48.7 Å². The maximum Gasteiger partial charge on any atom is 0.254 e. The minimum atomic E-state index is -0.0147. The number of aliphatic hydroxyl groups is 1. The summed E-state index contributed by atoms with van der Waals surface area (Å²) in [5.41, 5.74) is 7.23. The van der Waals surface area contributed by atoms with Gasteiger partial charge in [-0.25, -0.2) is 4.98 Å². The molecule has 0 saturated carbocycles. The molecule has 2 heterocycles. The van der Waals surface area contributed by atoms with Crippen molar-refractivity contribution in [3.63, 3.8) is 0 Å². The van der Waals surface area contributed by atoms with Crippen LogP contribution in [0.15, 0.2) is 12.1 Å². The van der Waals surface area contributed by atoms with Crippen molar-refractivity contribution in [2.75, 3.05) is 25.4 Å². The first kappa shape index (κ1) is 14.8. The fourth-order valence-electron chi connectivity index (χ4n) is 2.57. The topological polar surface area (TPSA) is 79.5 Å². The number of nitrogens with zero attached hydrogens (tertiary/aromatic N) is 2. The van der Waals surface area contributed by atoms with E-state index in [0.717, 1.165) is 25.1 Å². The monoisotopic (exact) mass is 277 g/mol. The standard InChI is InChI=1S/C15H23N3O2/c1-10(2)13-6-12(7-14(16)17-13)15(20)18-5-3-4-11(8-18)9-19/h6-7,10-11,19H,3-5,8-9H2,1-2H3,(H2,16,17). The smallest absolute Gasteiger partial charge is 0.254 e. The number of likely N-dealkylation sites (tertiary alicyclic amines) is 1. The Hall–Kier alpha value is -1.62. The van der Waals surface area contributed by atoms with Gasteiger partial charge in [0.05, 0.1) is 0 Å². The number of aromatic nitrogens is 1. The van der Waals surface area contributed by atoms with Gasteiger partial charge in [-0.15, -0.1) is 0 Å². The summed E-state index contributed by atoms with van der Waals surface area (Å²) >= 11 is 0. The molecule has 1 aromatic rings. The molecule has 0 aromatic carbocycles. The van der Waals surface area contributed by atoms with E-state index in [-0.39, 0.29) is 24.3 Å². The summed E-state index contributed by atoms with van der Waals surface area (Å²) in [6, 6.07) is 3.46. The first-order valence-corrected chi connectivity index (χ1v) is 7.19. The Morgan fingerprint density at radius 2 is 2.30 bits per heavy atom. The lowest BCUT2D eigenvalue weighted by Crippen LogP contribution is -2.41. The third kappa shape index (κ3) is 3.28. The Morgan fingerprint density at radius 3 is 2.95 bits per heavy atom. The molecular formula is C15H23N3O2. The Balaban J connectivity index is 2.20. The minimum Gasteiger partial charge on any atom is -0.396 e. The molecule has 2 rings (SSSR count). The number of carbonyl (C=O) groups is 1. The molecule has 1 aromatic heterocycles. The van der Waals surface area contributed by atoms with Crippen LogP contribution in [0.3, 0.4) is 0 Å². The SMILES string of the molecule is CC(C)c1cc(C(=O)N2CCCC(CO)C2)cc(N)n1. The van der Waals surface area contributed by atoms with Crippen molar-refractivity contribution in [2.45, 2.75) is 32.6 Å². The molecule has 1 amide bonds. The van der Waals surface area contributed by atoms with E-state index in [0.29, 0.717) is 17.9 Å². The zero-order valence-electron chi connectivity index (χ0n) is 12.2. The van der Waals surface area contributed by atoms with Crippen molar-refractivity contribution in [1.82, 2.24) is 9.88 Å². The van der Waals surface area contributed by atoms with Crippen LogP contribution < -0.4 is 5.73 Å². The van der Waals surface area contributed by atoms with E-state index in [2.05, 4.69) is 4.98 Å². The maximum atomic E-state index is 12.5. The number of aliphatic hydroxyl groups excluding tert-OH is 1. The molecule has 1 aliphatic rings. The van der Waals surface area contributed by atoms with Crippen molar-refractivity contribution in [3.8, 4) is 0 Å². The highest BCUT2D eigenvalue weighted by Gasteiger charge is 2.24. The average molecular weight is 277 g/mol. The highest BCUT2D eigenvalue weighted by Crippen LogP contribution is 2.21. The van der Waals surface area contributed by atoms with E-state index in [1.807, 2.05) is 24.8 Å². The van der Waals surface area contributed by atoms with Crippen LogP contribution >= 0.6 is 0 Å². The van der Waals surface area contributed by atoms with E-state index in [1.165, 1.54) is 0 Å². The van der Waals surface area contributed by atoms with Gasteiger partial charge >= 0.3 is 0 Å². The number of nitrogens with two attached hydrogens (primary N) is 1. The number of amides is 1. The van der Waals surface area contributed by atoms with Crippen LogP contribution in [0, 0.1) is 5.92 Å². The first-order chi connectivity index (χ1) is 9.51. The molecule has 1 fully saturated rings. The van der Waals surface area contributed by atoms with E-state index >= 15 is 0 Å². The number of hydrogen-bond donors (Lipinski definition) is 2. The summed E-state index contributed by atoms with van der Waals surface area (Å²) < 4.78 is 0. The Labute approximate surface area is 119 Å². The van der Waals surface area contributed by atoms with Crippen LogP contribution in [-0.4, -0.2) is 40.6 Å². The zero-order valence-corrected chi connectivity index (χ0v) is 12.2. The van der Waals surface area contributed by atoms with Crippen LogP contribution in [0.5, 0.6) is 0 Å². The van der Waals surface area contributed by atoms with Crippen molar-refractivity contribution in [3.05, 3.63) is 23.4 Å². The number of anilines is 1. The number of rotatable bonds is 3. The molecule has 1 saturated heterocycles. The van der Waals surface area contributed by atoms with E-state index in [9.17, 15) is 9.90 Å². The third-order valence-electron chi connectivity index (χ3n) is 3.77. The third-order valence-corrected chi connectivity index (χ3v) is 3.77. The highest BCUT2D eigenvalue weighted by atomic mass is 16.3. The number of carbonyl (C=O) groups excluding carboxylic acids is 1. The molecule has 20 heavy (non-hydrogen) atoms. The van der Waals surface area contributed by atoms with Crippen molar-refractivity contribution in [1.29, 1.82) is 0 Å². The fraction of sp³-hybridized carbons (Fsp3) is 0.600. The summed E-state index contributed by atoms with van der Waals surface area (Å²) in [6.45, 7) is 5.56. The molecule has 3 N–H and O–H groups in total. The second kappa shape index (κ2) is 6.22. The Bertz CT molecular complexity index is 488. The van der Waals surface area contributed by atoms with Crippen LogP contribution in [0.2, 0.25) is 0 Å². The molecule has 1 unspecified atom stereocenters. The van der Waals surface area contributed by atoms with Gasteiger partial charge in [0.1, 0.15) is 5.82 Å². The van der Waals surface area contributed by atoms with E-state index in [1.54, 1.807) is 6.07 Å². The number of piperidine rings is 1. The number of hydrogen-bond acceptors (Lipinski definition) is 4. The fourth-order valence-corrected chi connectivity index (χ4v) is 2.57. The first-order valence-electron chi connectivity index (χ1n) is 7.19. The summed E-state index contributed by atoms with van der Waals surface area (Å²) in [5.74, 6) is 0.794. The van der Waals surface area contributed by atoms with Crippen molar-refractivity contribution < 1.29 is 9.90 Å². The molecular weight excluding hydrogens is 254 g/mol. The van der Waals surface area contributed by atoms with E-state index < -0.39 is 0 Å². The normalized spacial score (nSPS) is 19.4. The van der Waals surface area contributed by atoms with Gasteiger partial charge in [-0.1, -0.05) is 13.8 Å². The number of nitrogen functional groups attached to an aromatic ring is 1. The molecule has 0 spiro atoms. The van der Waals surface area contributed by atoms with Crippen LogP contribution in [0.4, 0.5) is 5.82 Å². The predicted octanol–water partition coefficient (Wildman–Crippen LogP) is 1.63. The minimum absolute atomic E-state index is 0.0147. The van der Waals surface area contributed by atoms with Gasteiger partial charge in [0.15, 0.2) is 0 Å². The molecule has 110 valence electrons. The Kier molecular flexibility index (Phi) is 4.60. The van der Waals surface area contributed by atoms with Gasteiger partial charge in [0.2, 0.25) is 0 Å². The summed E-state index contributed by atoms with van der Waals surface area (Å²) in [4.78, 5) is 18.6. The lowest BCUT2D eigenvalue weighted by atomic mass is 9.98. The molecule has 0 bridgehead atoms. The summed E-state index contributed by atoms with van der Waals surface area (Å²) in [6.07, 6.45) is 1.92. The van der Waals surface area contributed by atoms with Gasteiger partial charge in [0, 0.05) is 31.0 Å². The van der Waals surface area contributed by atoms with Crippen molar-refractivity contribution >= 4 is 11.7 Å². The lowest BCUT2D eigenvalue weighted by molar-refractivity contribution is 0.0620. The lowest BCUT2D eigenvalue weighted by Gasteiger charge is -2.32. The number of pyridine rings is 1. The second-order valence-corrected chi connectivity index (χ2v) is 5.80. The van der Waals surface area contributed by atoms with Crippen LogP contribution in [-0.2, 0) is 0 Å². The molecule has 5 nitrogen and oxygen atoms in total. The highest BCUT2D eigenvalue weighted by molar-refractivity contribution is 5.95. The van der Waals surface area contributed by atoms with Crippen LogP contribution in [0.25, 0.3) is 0 Å². The molecule has 1 aliphatic heterocycles. The van der Waals surface area contributed by atoms with Gasteiger partial charge in [-0.3, -0.25) is 4.79 Å². The Morgan fingerprint density at radius 1 is 1.55 bits per heavy atom. The van der Waals surface area contributed by atoms with Gasteiger partial charge < -0.3 is 15.7 Å². The summed E-state index contributed by atoms with van der Waals surface area (Å²) in [7, 11) is 0. The largest absolute Gasteiger partial charge is 0.396 e. The van der Waals surface area contributed by atoms with Crippen molar-refractivity contribution in [2.24, 2.45) is 5.92 Å². The molecule has 1 atom stereocenters. The zero-order chi connectivity index (χ0) is 14.7. The second-order valence-electron chi connectivity index (χ2n) is 5.80. The van der Waals surface area contributed by atoms with E-state index in [4.69, 9.17) is 5.73 Å². The van der Waals surface area contributed by atoms with Gasteiger partial charge in [-0.2, -0.15) is 0 Å². The van der Waals surface area contributed by atoms with Gasteiger partial charge in [0.25, 0.3) is 5.91 Å². The average Bonchev–Trinajstić information content (AvgIpc) is 2.45.